The monoisotopic (exact) mass is 363 g/mol. The molecule has 1 unspecified atom stereocenters. The summed E-state index contributed by atoms with van der Waals surface area (Å²) in [5.41, 5.74) is 1.33. The van der Waals surface area contributed by atoms with Gasteiger partial charge in [-0.2, -0.15) is 5.10 Å². The highest BCUT2D eigenvalue weighted by Gasteiger charge is 2.30. The predicted molar refractivity (Wildman–Crippen MR) is 95.1 cm³/mol. The highest BCUT2D eigenvalue weighted by molar-refractivity contribution is 5.95. The summed E-state index contributed by atoms with van der Waals surface area (Å²) < 4.78 is 26.0. The van der Waals surface area contributed by atoms with Gasteiger partial charge in [0.05, 0.1) is 11.9 Å². The molecule has 0 saturated carbocycles. The van der Waals surface area contributed by atoms with Crippen LogP contribution in [-0.2, 0) is 11.3 Å². The molecule has 1 aromatic heterocycles. The van der Waals surface area contributed by atoms with Crippen molar-refractivity contribution in [3.8, 4) is 0 Å². The fraction of sp³-hybridized carbons (Fsp3) is 0.444. The zero-order chi connectivity index (χ0) is 18.5. The van der Waals surface area contributed by atoms with Gasteiger partial charge in [0.2, 0.25) is 5.91 Å². The number of likely N-dealkylation sites (N-methyl/N-ethyl adjacent to an activating group) is 1. The van der Waals surface area contributed by atoms with E-state index in [4.69, 9.17) is 0 Å². The minimum atomic E-state index is -2.49. The van der Waals surface area contributed by atoms with Crippen LogP contribution in [0, 0.1) is 0 Å². The van der Waals surface area contributed by atoms with Crippen LogP contribution >= 0.6 is 0 Å². The van der Waals surface area contributed by atoms with Gasteiger partial charge in [-0.15, -0.1) is 0 Å². The molecule has 0 radical (unpaired) electrons. The number of rotatable bonds is 6. The molecule has 2 aromatic rings. The van der Waals surface area contributed by atoms with Crippen molar-refractivity contribution >= 4 is 11.6 Å². The molecule has 1 atom stereocenters. The number of halogens is 2. The van der Waals surface area contributed by atoms with Crippen molar-refractivity contribution in [1.82, 2.24) is 19.6 Å². The lowest BCUT2D eigenvalue weighted by Gasteiger charge is -2.37. The maximum Gasteiger partial charge on any atom is 0.257 e. The largest absolute Gasteiger partial charge is 0.322 e. The van der Waals surface area contributed by atoms with Gasteiger partial charge >= 0.3 is 0 Å². The van der Waals surface area contributed by atoms with Crippen LogP contribution in [0.2, 0.25) is 0 Å². The Hall–Kier alpha value is -2.32. The lowest BCUT2D eigenvalue weighted by molar-refractivity contribution is -0.122. The Balaban J connectivity index is 1.75. The smallest absolute Gasteiger partial charge is 0.257 e. The highest BCUT2D eigenvalue weighted by Crippen LogP contribution is 2.24. The van der Waals surface area contributed by atoms with Gasteiger partial charge in [-0.25, -0.2) is 8.78 Å². The summed E-state index contributed by atoms with van der Waals surface area (Å²) in [6, 6.07) is 9.17. The van der Waals surface area contributed by atoms with Crippen molar-refractivity contribution in [3.05, 3.63) is 48.3 Å². The number of alkyl halides is 2. The van der Waals surface area contributed by atoms with E-state index in [1.165, 1.54) is 12.4 Å². The second-order valence-electron chi connectivity index (χ2n) is 6.48. The third kappa shape index (κ3) is 4.64. The molecule has 1 aliphatic heterocycles. The Bertz CT molecular complexity index is 713. The van der Waals surface area contributed by atoms with E-state index in [0.29, 0.717) is 5.69 Å². The lowest BCUT2D eigenvalue weighted by Crippen LogP contribution is -2.48. The third-order valence-corrected chi connectivity index (χ3v) is 4.49. The molecule has 1 amide bonds. The first-order valence-electron chi connectivity index (χ1n) is 8.62. The average Bonchev–Trinajstić information content (AvgIpc) is 3.04. The highest BCUT2D eigenvalue weighted by atomic mass is 19.3. The second-order valence-corrected chi connectivity index (χ2v) is 6.48. The fourth-order valence-electron chi connectivity index (χ4n) is 3.12. The summed E-state index contributed by atoms with van der Waals surface area (Å²) in [7, 11) is 2.06. The van der Waals surface area contributed by atoms with Crippen molar-refractivity contribution < 1.29 is 13.6 Å². The molecule has 8 heteroatoms. The molecule has 6 nitrogen and oxygen atoms in total. The molecule has 1 aliphatic rings. The lowest BCUT2D eigenvalue weighted by atomic mass is 10.0. The number of carbonyl (C=O) groups is 1. The molecule has 0 bridgehead atoms. The number of nitrogens with zero attached hydrogens (tertiary/aromatic N) is 4. The number of anilines is 1. The van der Waals surface area contributed by atoms with Gasteiger partial charge in [0.15, 0.2) is 0 Å². The Kier molecular flexibility index (Phi) is 5.95. The van der Waals surface area contributed by atoms with Gasteiger partial charge in [0, 0.05) is 32.4 Å². The first-order valence-corrected chi connectivity index (χ1v) is 8.62. The molecule has 3 rings (SSSR count). The number of hydrogen-bond donors (Lipinski definition) is 1. The van der Waals surface area contributed by atoms with Crippen LogP contribution in [0.1, 0.15) is 11.6 Å². The van der Waals surface area contributed by atoms with Crippen molar-refractivity contribution in [1.29, 1.82) is 0 Å². The Morgan fingerprint density at radius 1 is 1.19 bits per heavy atom. The topological polar surface area (TPSA) is 53.4 Å². The molecule has 1 N–H and O–H groups in total. The van der Waals surface area contributed by atoms with E-state index in [9.17, 15) is 13.6 Å². The summed E-state index contributed by atoms with van der Waals surface area (Å²) >= 11 is 0. The van der Waals surface area contributed by atoms with E-state index in [1.807, 2.05) is 30.3 Å². The van der Waals surface area contributed by atoms with Gasteiger partial charge < -0.3 is 10.2 Å². The Morgan fingerprint density at radius 3 is 2.54 bits per heavy atom. The minimum Gasteiger partial charge on any atom is -0.322 e. The van der Waals surface area contributed by atoms with Crippen molar-refractivity contribution in [2.75, 3.05) is 38.5 Å². The normalized spacial score (nSPS) is 17.4. The fourth-order valence-corrected chi connectivity index (χ4v) is 3.12. The van der Waals surface area contributed by atoms with Crippen LogP contribution in [-0.4, -0.2) is 65.1 Å². The number of benzene rings is 1. The molecule has 0 spiro atoms. The maximum atomic E-state index is 13.0. The summed E-state index contributed by atoms with van der Waals surface area (Å²) in [4.78, 5) is 17.3. The van der Waals surface area contributed by atoms with Crippen LogP contribution in [0.3, 0.4) is 0 Å². The summed E-state index contributed by atoms with van der Waals surface area (Å²) in [5.74, 6) is -0.183. The third-order valence-electron chi connectivity index (χ3n) is 4.49. The predicted octanol–water partition coefficient (Wildman–Crippen LogP) is 2.08. The molecule has 1 fully saturated rings. The number of aromatic nitrogens is 2. The number of nitrogens with one attached hydrogen (secondary N) is 1. The van der Waals surface area contributed by atoms with Gasteiger partial charge in [-0.3, -0.25) is 14.4 Å². The van der Waals surface area contributed by atoms with E-state index >= 15 is 0 Å². The van der Waals surface area contributed by atoms with Gasteiger partial charge in [-0.1, -0.05) is 30.3 Å². The first kappa shape index (κ1) is 18.5. The summed E-state index contributed by atoms with van der Waals surface area (Å²) in [6.07, 6.45) is 0.337. The van der Waals surface area contributed by atoms with Crippen LogP contribution in [0.5, 0.6) is 0 Å². The molecule has 1 aromatic carbocycles. The van der Waals surface area contributed by atoms with Crippen LogP contribution < -0.4 is 5.32 Å². The van der Waals surface area contributed by atoms with Crippen molar-refractivity contribution in [2.24, 2.45) is 0 Å². The molecule has 26 heavy (non-hydrogen) atoms. The van der Waals surface area contributed by atoms with Crippen LogP contribution in [0.15, 0.2) is 42.7 Å². The molecule has 1 saturated heterocycles. The van der Waals surface area contributed by atoms with E-state index in [1.54, 1.807) is 0 Å². The summed E-state index contributed by atoms with van der Waals surface area (Å²) in [5, 5.41) is 6.69. The van der Waals surface area contributed by atoms with E-state index in [-0.39, 0.29) is 5.91 Å². The zero-order valence-corrected chi connectivity index (χ0v) is 14.7. The van der Waals surface area contributed by atoms with Gasteiger partial charge in [0.25, 0.3) is 6.43 Å². The minimum absolute atomic E-state index is 0.183. The number of hydrogen-bond acceptors (Lipinski definition) is 4. The van der Waals surface area contributed by atoms with E-state index < -0.39 is 19.0 Å². The zero-order valence-electron chi connectivity index (χ0n) is 14.7. The van der Waals surface area contributed by atoms with Crippen LogP contribution in [0.25, 0.3) is 0 Å². The number of amides is 1. The second kappa shape index (κ2) is 8.37. The first-order chi connectivity index (χ1) is 12.5. The van der Waals surface area contributed by atoms with Crippen LogP contribution in [0.4, 0.5) is 14.5 Å². The number of piperazine rings is 1. The Labute approximate surface area is 151 Å². The van der Waals surface area contributed by atoms with E-state index in [0.717, 1.165) is 36.4 Å². The molecular weight excluding hydrogens is 340 g/mol. The Morgan fingerprint density at radius 2 is 1.88 bits per heavy atom. The maximum absolute atomic E-state index is 13.0. The quantitative estimate of drug-likeness (QED) is 0.854. The van der Waals surface area contributed by atoms with Gasteiger partial charge in [-0.05, 0) is 12.6 Å². The standard InChI is InChI=1S/C18H23F2N5O/c1-23-7-9-24(10-8-23)17(14-5-3-2-4-6-14)18(26)22-15-11-21-25(12-15)13-16(19)20/h2-6,11-12,16-17H,7-10,13H2,1H3,(H,22,26). The molecule has 2 heterocycles. The number of carbonyl (C=O) groups excluding carboxylic acids is 1. The SMILES string of the molecule is CN1CCN(C(C(=O)Nc2cnn(CC(F)F)c2)c2ccccc2)CC1. The molecule has 0 aliphatic carbocycles. The molecular formula is C18H23F2N5O. The van der Waals surface area contributed by atoms with Crippen molar-refractivity contribution in [2.45, 2.75) is 19.0 Å². The van der Waals surface area contributed by atoms with E-state index in [2.05, 4.69) is 27.3 Å². The van der Waals surface area contributed by atoms with Gasteiger partial charge in [0.1, 0.15) is 12.6 Å². The summed E-state index contributed by atoms with van der Waals surface area (Å²) in [6.45, 7) is 2.87. The average molecular weight is 363 g/mol. The molecule has 140 valence electrons. The van der Waals surface area contributed by atoms with Crippen molar-refractivity contribution in [3.63, 3.8) is 0 Å².